The molecule has 14 nitrogen and oxygen atoms in total. The lowest BCUT2D eigenvalue weighted by atomic mass is 10.0. The van der Waals surface area contributed by atoms with Crippen LogP contribution in [-0.2, 0) is 17.8 Å². The number of piperidine rings is 1. The van der Waals surface area contributed by atoms with Crippen LogP contribution in [0.5, 0.6) is 11.5 Å². The molecule has 0 saturated carbocycles. The zero-order valence-electron chi connectivity index (χ0n) is 37.5. The molecule has 0 aliphatic carbocycles. The molecule has 4 heterocycles. The van der Waals surface area contributed by atoms with Gasteiger partial charge in [-0.1, -0.05) is 38.3 Å². The topological polar surface area (TPSA) is 158 Å². The molecule has 65 heavy (non-hydrogen) atoms. The molecular formula is C48H58F3N9O5. The average molecular weight is 898 g/mol. The summed E-state index contributed by atoms with van der Waals surface area (Å²) in [6, 6.07) is 18.8. The number of aliphatic hydroxyl groups excluding tert-OH is 1. The van der Waals surface area contributed by atoms with Crippen LogP contribution in [0.1, 0.15) is 66.7 Å². The Balaban J connectivity index is 0.00000227. The number of carbonyl (C=O) groups excluding carboxylic acids is 2. The van der Waals surface area contributed by atoms with E-state index in [1.807, 2.05) is 18.2 Å². The number of rotatable bonds is 13. The number of nitrogens with one attached hydrogen (secondary N) is 4. The van der Waals surface area contributed by atoms with Crippen LogP contribution in [0.4, 0.5) is 30.2 Å². The third-order valence-corrected chi connectivity index (χ3v) is 10.9. The number of likely N-dealkylation sites (tertiary alicyclic amines) is 1. The minimum Gasteiger partial charge on any atom is -0.495 e. The second kappa shape index (κ2) is 22.4. The molecule has 1 saturated heterocycles. The predicted octanol–water partition coefficient (Wildman–Crippen LogP) is 6.41. The van der Waals surface area contributed by atoms with E-state index in [1.54, 1.807) is 72.9 Å². The van der Waals surface area contributed by atoms with Crippen LogP contribution in [0.25, 0.3) is 10.9 Å². The highest BCUT2D eigenvalue weighted by Gasteiger charge is 2.30. The van der Waals surface area contributed by atoms with Gasteiger partial charge < -0.3 is 50.2 Å². The molecule has 0 radical (unpaired) electrons. The largest absolute Gasteiger partial charge is 0.495 e. The molecule has 1 fully saturated rings. The van der Waals surface area contributed by atoms with Gasteiger partial charge in [0.25, 0.3) is 5.91 Å². The number of anilines is 3. The van der Waals surface area contributed by atoms with Crippen molar-refractivity contribution in [3.8, 4) is 23.3 Å². The maximum absolute atomic E-state index is 13.9. The maximum Gasteiger partial charge on any atom is 0.406 e. The van der Waals surface area contributed by atoms with Crippen LogP contribution in [0.3, 0.4) is 0 Å². The highest BCUT2D eigenvalue weighted by atomic mass is 19.4. The summed E-state index contributed by atoms with van der Waals surface area (Å²) in [4.78, 5) is 38.9. The Morgan fingerprint density at radius 2 is 1.77 bits per heavy atom. The molecule has 2 amide bonds. The quantitative estimate of drug-likeness (QED) is 0.0833. The van der Waals surface area contributed by atoms with Gasteiger partial charge in [0.1, 0.15) is 18.0 Å². The number of nitrogens with zero attached hydrogens (tertiary/aromatic N) is 5. The van der Waals surface area contributed by atoms with Crippen molar-refractivity contribution in [2.45, 2.75) is 70.4 Å². The van der Waals surface area contributed by atoms with Gasteiger partial charge in [0.2, 0.25) is 5.91 Å². The van der Waals surface area contributed by atoms with E-state index in [0.29, 0.717) is 45.9 Å². The summed E-state index contributed by atoms with van der Waals surface area (Å²) >= 11 is 0. The Labute approximate surface area is 377 Å². The number of ether oxygens (including phenoxy) is 2. The number of likely N-dealkylation sites (N-methyl/N-ethyl adjacent to an activating group) is 1. The first-order valence-electron chi connectivity index (χ1n) is 21.8. The van der Waals surface area contributed by atoms with Crippen molar-refractivity contribution < 1.29 is 37.3 Å². The van der Waals surface area contributed by atoms with Gasteiger partial charge in [-0.3, -0.25) is 9.59 Å². The van der Waals surface area contributed by atoms with Crippen LogP contribution in [0.2, 0.25) is 0 Å². The van der Waals surface area contributed by atoms with Crippen LogP contribution < -0.4 is 35.6 Å². The lowest BCUT2D eigenvalue weighted by Crippen LogP contribution is -2.46. The Morgan fingerprint density at radius 3 is 2.48 bits per heavy atom. The predicted molar refractivity (Wildman–Crippen MR) is 247 cm³/mol. The number of hydrogen-bond donors (Lipinski definition) is 5. The Hall–Kier alpha value is -6.51. The Morgan fingerprint density at radius 1 is 1.02 bits per heavy atom. The SMILES string of the molecule is CCC.COc1ccc(C(=O)NCC(Oc2ccc3c(c2)N(C)CC(=O)NC(CO)C3)c2ncccn2)cc1NCC#Cc1cc2c(NC3CCN(C)CC3)cccc2n1CC(F)(F)F. The fraction of sp³-hybridized carbons (Fsp3) is 0.417. The number of halogens is 3. The highest BCUT2D eigenvalue weighted by Crippen LogP contribution is 2.33. The summed E-state index contributed by atoms with van der Waals surface area (Å²) in [5.74, 6) is 6.51. The third kappa shape index (κ3) is 13.0. The van der Waals surface area contributed by atoms with E-state index in [2.05, 4.69) is 68.9 Å². The zero-order chi connectivity index (χ0) is 46.5. The number of carbonyl (C=O) groups is 2. The smallest absolute Gasteiger partial charge is 0.406 e. The molecule has 0 bridgehead atoms. The molecule has 346 valence electrons. The number of benzene rings is 3. The monoisotopic (exact) mass is 897 g/mol. The minimum absolute atomic E-state index is 0.00775. The number of alkyl halides is 3. The van der Waals surface area contributed by atoms with E-state index >= 15 is 0 Å². The molecule has 5 aromatic rings. The first-order chi connectivity index (χ1) is 31.3. The van der Waals surface area contributed by atoms with Crippen molar-refractivity contribution in [3.05, 3.63) is 102 Å². The van der Waals surface area contributed by atoms with E-state index in [-0.39, 0.29) is 43.9 Å². The normalized spacial score (nSPS) is 16.0. The molecule has 17 heteroatoms. The summed E-state index contributed by atoms with van der Waals surface area (Å²) in [7, 11) is 5.36. The molecule has 7 rings (SSSR count). The Kier molecular flexibility index (Phi) is 16.5. The molecule has 2 aliphatic heterocycles. The average Bonchev–Trinajstić information content (AvgIpc) is 3.63. The highest BCUT2D eigenvalue weighted by molar-refractivity contribution is 5.96. The van der Waals surface area contributed by atoms with Gasteiger partial charge in [0.15, 0.2) is 11.9 Å². The molecule has 5 N–H and O–H groups in total. The van der Waals surface area contributed by atoms with Gasteiger partial charge in [-0.05, 0) is 99.4 Å². The van der Waals surface area contributed by atoms with Gasteiger partial charge in [0, 0.05) is 53.9 Å². The van der Waals surface area contributed by atoms with Crippen LogP contribution in [0, 0.1) is 11.8 Å². The molecule has 2 aromatic heterocycles. The van der Waals surface area contributed by atoms with Crippen molar-refractivity contribution in [1.29, 1.82) is 0 Å². The summed E-state index contributed by atoms with van der Waals surface area (Å²) in [5, 5.41) is 22.9. The fourth-order valence-electron chi connectivity index (χ4n) is 7.76. The van der Waals surface area contributed by atoms with Crippen molar-refractivity contribution >= 4 is 39.8 Å². The van der Waals surface area contributed by atoms with Crippen molar-refractivity contribution in [1.82, 2.24) is 30.1 Å². The second-order valence-corrected chi connectivity index (χ2v) is 16.2. The molecule has 2 atom stereocenters. The summed E-state index contributed by atoms with van der Waals surface area (Å²) in [6.07, 6.45) is 1.44. The first-order valence-corrected chi connectivity index (χ1v) is 21.8. The van der Waals surface area contributed by atoms with Crippen molar-refractivity contribution in [2.75, 3.05) is 76.1 Å². The standard InChI is InChI=1S/C45H50F3N9O5.C3H8/c1-55-19-14-31(15-20-55)53-36-8-4-9-38-35(36)23-33(57(38)28-45(46,47)48)7-5-16-49-37-22-30(11-13-40(37)61-3)44(60)52-25-41(43-50-17-6-18-51-43)62-34-12-10-29-21-32(27-58)54-42(59)26-56(2)39(29)24-34;1-3-2/h4,6,8-13,17-18,22-24,31-32,41,49,53,58H,14-16,19-21,25-28H2,1-3H3,(H,52,60)(H,54,59);3H2,1-2H3. The molecule has 0 spiro atoms. The summed E-state index contributed by atoms with van der Waals surface area (Å²) in [6.45, 7) is 4.87. The van der Waals surface area contributed by atoms with E-state index < -0.39 is 30.8 Å². The Bertz CT molecular complexity index is 2450. The van der Waals surface area contributed by atoms with Gasteiger partial charge in [-0.2, -0.15) is 13.2 Å². The van der Waals surface area contributed by atoms with E-state index in [9.17, 15) is 27.9 Å². The summed E-state index contributed by atoms with van der Waals surface area (Å²) in [5.41, 5.74) is 3.89. The van der Waals surface area contributed by atoms with Gasteiger partial charge in [-0.25, -0.2) is 9.97 Å². The lowest BCUT2D eigenvalue weighted by Gasteiger charge is -2.30. The first kappa shape index (κ1) is 48.0. The number of aliphatic hydroxyl groups is 1. The number of fused-ring (bicyclic) bond motifs is 2. The molecule has 3 aromatic carbocycles. The minimum atomic E-state index is -4.46. The van der Waals surface area contributed by atoms with Gasteiger partial charge in [0.05, 0.1) is 56.3 Å². The summed E-state index contributed by atoms with van der Waals surface area (Å²) < 4.78 is 54.7. The molecule has 2 unspecified atom stereocenters. The number of methoxy groups -OCH3 is 1. The number of hydrogen-bond acceptors (Lipinski definition) is 11. The number of aromatic nitrogens is 3. The second-order valence-electron chi connectivity index (χ2n) is 16.2. The maximum atomic E-state index is 13.9. The van der Waals surface area contributed by atoms with Crippen molar-refractivity contribution in [2.24, 2.45) is 0 Å². The van der Waals surface area contributed by atoms with Crippen molar-refractivity contribution in [3.63, 3.8) is 0 Å². The van der Waals surface area contributed by atoms with Crippen LogP contribution >= 0.6 is 0 Å². The van der Waals surface area contributed by atoms with E-state index in [4.69, 9.17) is 9.47 Å². The van der Waals surface area contributed by atoms with Crippen LogP contribution in [-0.4, -0.2) is 115 Å². The van der Waals surface area contributed by atoms with Gasteiger partial charge >= 0.3 is 6.18 Å². The number of amides is 2. The third-order valence-electron chi connectivity index (χ3n) is 10.9. The molecular weight excluding hydrogens is 840 g/mol. The van der Waals surface area contributed by atoms with Crippen LogP contribution in [0.15, 0.2) is 79.1 Å². The molecule has 2 aliphatic rings. The van der Waals surface area contributed by atoms with E-state index in [1.165, 1.54) is 18.1 Å². The van der Waals surface area contributed by atoms with E-state index in [0.717, 1.165) is 42.9 Å². The zero-order valence-corrected chi connectivity index (χ0v) is 37.5. The van der Waals surface area contributed by atoms with Gasteiger partial charge in [-0.15, -0.1) is 0 Å². The fourth-order valence-corrected chi connectivity index (χ4v) is 7.76. The lowest BCUT2D eigenvalue weighted by molar-refractivity contribution is -0.140.